The highest BCUT2D eigenvalue weighted by Crippen LogP contribution is 2.42. The summed E-state index contributed by atoms with van der Waals surface area (Å²) in [7, 11) is 0. The molecule has 10 nitrogen and oxygen atoms in total. The van der Waals surface area contributed by atoms with Crippen molar-refractivity contribution >= 4 is 51.4 Å². The van der Waals surface area contributed by atoms with E-state index in [4.69, 9.17) is 4.42 Å². The number of hydrogen-bond acceptors (Lipinski definition) is 8. The van der Waals surface area contributed by atoms with Crippen LogP contribution in [-0.4, -0.2) is 43.5 Å². The van der Waals surface area contributed by atoms with E-state index in [0.717, 1.165) is 0 Å². The van der Waals surface area contributed by atoms with Crippen LogP contribution in [0.5, 0.6) is 5.75 Å². The molecular weight excluding hydrogens is 502 g/mol. The van der Waals surface area contributed by atoms with E-state index in [1.165, 1.54) is 55.5 Å². The van der Waals surface area contributed by atoms with Gasteiger partial charge in [-0.15, -0.1) is 0 Å². The number of fused-ring (bicyclic) bond motifs is 2. The summed E-state index contributed by atoms with van der Waals surface area (Å²) in [6.07, 6.45) is -0.500. The lowest BCUT2D eigenvalue weighted by Gasteiger charge is -2.17. The molecule has 2 aromatic carbocycles. The van der Waals surface area contributed by atoms with Crippen molar-refractivity contribution in [1.29, 1.82) is 0 Å². The summed E-state index contributed by atoms with van der Waals surface area (Å²) >= 11 is 0.516. The number of amides is 1. The van der Waals surface area contributed by atoms with Gasteiger partial charge < -0.3 is 25.1 Å². The van der Waals surface area contributed by atoms with Crippen LogP contribution in [0.2, 0.25) is 0 Å². The quantitative estimate of drug-likeness (QED) is 0.260. The van der Waals surface area contributed by atoms with E-state index in [1.54, 1.807) is 6.07 Å². The minimum Gasteiger partial charge on any atom is -0.508 e. The number of carbonyl (C=O) groups is 4. The Morgan fingerprint density at radius 1 is 0.973 bits per heavy atom. The Labute approximate surface area is 212 Å². The molecule has 1 heterocycles. The number of thioether (sulfide) groups is 1. The third kappa shape index (κ3) is 5.46. The lowest BCUT2D eigenvalue weighted by molar-refractivity contribution is -0.137. The van der Waals surface area contributed by atoms with Gasteiger partial charge in [-0.2, -0.15) is 0 Å². The summed E-state index contributed by atoms with van der Waals surface area (Å²) in [5.74, 6) is -3.23. The number of anilines is 1. The largest absolute Gasteiger partial charge is 0.508 e. The summed E-state index contributed by atoms with van der Waals surface area (Å²) in [5.41, 5.74) is 0.995. The molecule has 1 unspecified atom stereocenters. The smallest absolute Gasteiger partial charge is 0.336 e. The lowest BCUT2D eigenvalue weighted by Crippen LogP contribution is -2.25. The molecule has 1 amide bonds. The third-order valence-electron chi connectivity index (χ3n) is 5.43. The van der Waals surface area contributed by atoms with E-state index in [9.17, 15) is 39.3 Å². The Morgan fingerprint density at radius 3 is 2.38 bits per heavy atom. The second-order valence-electron chi connectivity index (χ2n) is 8.07. The molecule has 4 rings (SSSR count). The standard InChI is InChI=1S/C26H19NO9S/c1-12(28)37-22(26(34)35)11-23(31)27-13-2-5-16(19(8-13)25(32)33)24-17-6-3-14(29)9-20(17)36-21-10-15(30)4-7-18(21)24/h2-10,22,29H,11H2,1H3,(H,27,31)(H,32,33)(H,34,35). The number of carboxylic acids is 2. The molecule has 0 saturated carbocycles. The van der Waals surface area contributed by atoms with Gasteiger partial charge in [0.25, 0.3) is 0 Å². The monoisotopic (exact) mass is 521 g/mol. The molecule has 1 aliphatic heterocycles. The highest BCUT2D eigenvalue weighted by Gasteiger charge is 2.25. The minimum absolute atomic E-state index is 0.0843. The number of phenols is 1. The highest BCUT2D eigenvalue weighted by molar-refractivity contribution is 8.14. The first-order valence-corrected chi connectivity index (χ1v) is 11.7. The van der Waals surface area contributed by atoms with Crippen molar-refractivity contribution in [1.82, 2.24) is 0 Å². The van der Waals surface area contributed by atoms with Gasteiger partial charge in [0.15, 0.2) is 10.5 Å². The maximum absolute atomic E-state index is 12.4. The number of hydrogen-bond donors (Lipinski definition) is 4. The Hall–Kier alpha value is -4.64. The van der Waals surface area contributed by atoms with E-state index in [-0.39, 0.29) is 39.3 Å². The molecule has 2 aliphatic rings. The molecule has 0 bridgehead atoms. The van der Waals surface area contributed by atoms with E-state index < -0.39 is 34.6 Å². The van der Waals surface area contributed by atoms with Crippen molar-refractivity contribution in [3.8, 4) is 28.2 Å². The van der Waals surface area contributed by atoms with E-state index >= 15 is 0 Å². The van der Waals surface area contributed by atoms with E-state index in [1.807, 2.05) is 0 Å². The van der Waals surface area contributed by atoms with Gasteiger partial charge >= 0.3 is 11.9 Å². The first-order chi connectivity index (χ1) is 17.5. The molecule has 0 spiro atoms. The predicted molar refractivity (Wildman–Crippen MR) is 136 cm³/mol. The summed E-state index contributed by atoms with van der Waals surface area (Å²) in [4.78, 5) is 59.3. The van der Waals surface area contributed by atoms with Gasteiger partial charge in [0, 0.05) is 47.7 Å². The Balaban J connectivity index is 1.80. The summed E-state index contributed by atoms with van der Waals surface area (Å²) in [6, 6.07) is 12.6. The van der Waals surface area contributed by atoms with Crippen LogP contribution in [0, 0.1) is 0 Å². The maximum atomic E-state index is 12.4. The van der Waals surface area contributed by atoms with Crippen LogP contribution in [0.4, 0.5) is 5.69 Å². The number of phenolic OH excluding ortho intramolecular Hbond substituents is 1. The average molecular weight is 522 g/mol. The van der Waals surface area contributed by atoms with Crippen LogP contribution in [-0.2, 0) is 14.4 Å². The van der Waals surface area contributed by atoms with Crippen molar-refractivity contribution in [3.63, 3.8) is 0 Å². The van der Waals surface area contributed by atoms with Crippen molar-refractivity contribution in [2.75, 3.05) is 5.32 Å². The number of benzene rings is 3. The Kier molecular flexibility index (Phi) is 6.98. The van der Waals surface area contributed by atoms with Gasteiger partial charge in [-0.25, -0.2) is 4.79 Å². The zero-order chi connectivity index (χ0) is 26.9. The second kappa shape index (κ2) is 10.2. The second-order valence-corrected chi connectivity index (χ2v) is 9.45. The van der Waals surface area contributed by atoms with Gasteiger partial charge in [0.2, 0.25) is 5.91 Å². The molecule has 0 aromatic heterocycles. The molecule has 4 N–H and O–H groups in total. The van der Waals surface area contributed by atoms with Crippen molar-refractivity contribution < 1.29 is 38.9 Å². The SMILES string of the molecule is CC(=O)SC(CC(=O)Nc1ccc(-c2c3ccc(=O)cc-3oc3cc(O)ccc23)c(C(=O)O)c1)C(=O)O. The molecular formula is C26H19NO9S. The maximum Gasteiger partial charge on any atom is 0.336 e. The minimum atomic E-state index is -1.32. The third-order valence-corrected chi connectivity index (χ3v) is 6.42. The first-order valence-electron chi connectivity index (χ1n) is 10.8. The molecule has 1 atom stereocenters. The fourth-order valence-corrected chi connectivity index (χ4v) is 4.66. The summed E-state index contributed by atoms with van der Waals surface area (Å²) in [6.45, 7) is 1.19. The topological polar surface area (TPSA) is 171 Å². The van der Waals surface area contributed by atoms with Crippen LogP contribution in [0.25, 0.3) is 33.4 Å². The fourth-order valence-electron chi connectivity index (χ4n) is 3.93. The fraction of sp³-hybridized carbons (Fsp3) is 0.115. The van der Waals surface area contributed by atoms with Crippen molar-refractivity contribution in [3.05, 3.63) is 70.4 Å². The molecule has 0 radical (unpaired) electrons. The molecule has 0 saturated heterocycles. The number of aliphatic carboxylic acids is 1. The average Bonchev–Trinajstić information content (AvgIpc) is 2.81. The molecule has 1 aliphatic carbocycles. The van der Waals surface area contributed by atoms with Crippen LogP contribution in [0.15, 0.2) is 63.8 Å². The number of aromatic hydroxyl groups is 1. The summed E-state index contributed by atoms with van der Waals surface area (Å²) < 4.78 is 5.79. The highest BCUT2D eigenvalue weighted by atomic mass is 32.2. The van der Waals surface area contributed by atoms with Gasteiger partial charge in [0.1, 0.15) is 22.3 Å². The van der Waals surface area contributed by atoms with Crippen LogP contribution >= 0.6 is 11.8 Å². The summed E-state index contributed by atoms with van der Waals surface area (Å²) in [5, 5.41) is 30.4. The number of carboxylic acid groups (broad SMARTS) is 2. The molecule has 0 fully saturated rings. The van der Waals surface area contributed by atoms with E-state index in [2.05, 4.69) is 5.32 Å². The number of rotatable bonds is 7. The Morgan fingerprint density at radius 2 is 1.70 bits per heavy atom. The molecule has 11 heteroatoms. The number of carbonyl (C=O) groups excluding carboxylic acids is 2. The van der Waals surface area contributed by atoms with Gasteiger partial charge in [-0.3, -0.25) is 19.2 Å². The predicted octanol–water partition coefficient (Wildman–Crippen LogP) is 4.03. The van der Waals surface area contributed by atoms with Crippen LogP contribution in [0.3, 0.4) is 0 Å². The van der Waals surface area contributed by atoms with Crippen LogP contribution in [0.1, 0.15) is 23.7 Å². The Bertz CT molecular complexity index is 1610. The molecule has 188 valence electrons. The number of aromatic carboxylic acids is 1. The lowest BCUT2D eigenvalue weighted by atomic mass is 9.90. The molecule has 2 aromatic rings. The van der Waals surface area contributed by atoms with Crippen molar-refractivity contribution in [2.45, 2.75) is 18.6 Å². The number of nitrogens with one attached hydrogen (secondary N) is 1. The van der Waals surface area contributed by atoms with E-state index in [0.29, 0.717) is 28.3 Å². The first kappa shape index (κ1) is 25.5. The van der Waals surface area contributed by atoms with Gasteiger partial charge in [-0.1, -0.05) is 17.8 Å². The van der Waals surface area contributed by atoms with Gasteiger partial charge in [-0.05, 0) is 42.0 Å². The van der Waals surface area contributed by atoms with Crippen LogP contribution < -0.4 is 10.7 Å². The molecule has 37 heavy (non-hydrogen) atoms. The van der Waals surface area contributed by atoms with Gasteiger partial charge in [0.05, 0.1) is 5.56 Å². The normalized spacial score (nSPS) is 11.8. The zero-order valence-corrected chi connectivity index (χ0v) is 20.0. The van der Waals surface area contributed by atoms with Crippen molar-refractivity contribution in [2.24, 2.45) is 0 Å². The zero-order valence-electron chi connectivity index (χ0n) is 19.2.